The van der Waals surface area contributed by atoms with Crippen molar-refractivity contribution >= 4 is 15.5 Å². The summed E-state index contributed by atoms with van der Waals surface area (Å²) in [5.74, 6) is 0.599. The molecule has 0 radical (unpaired) electrons. The zero-order chi connectivity index (χ0) is 20.2. The minimum Gasteiger partial charge on any atom is -0.486 e. The summed E-state index contributed by atoms with van der Waals surface area (Å²) in [7, 11) is -3.14. The van der Waals surface area contributed by atoms with Crippen LogP contribution in [-0.2, 0) is 20.3 Å². The minimum absolute atomic E-state index is 0.0503. The fraction of sp³-hybridized carbons (Fsp3) is 0.632. The zero-order valence-corrected chi connectivity index (χ0v) is 17.1. The molecule has 0 saturated carbocycles. The highest BCUT2D eigenvalue weighted by Crippen LogP contribution is 2.40. The Morgan fingerprint density at radius 2 is 2.07 bits per heavy atom. The monoisotopic (exact) mass is 411 g/mol. The van der Waals surface area contributed by atoms with Crippen LogP contribution in [0.2, 0.25) is 0 Å². The highest BCUT2D eigenvalue weighted by atomic mass is 32.2. The van der Waals surface area contributed by atoms with Crippen molar-refractivity contribution in [3.8, 4) is 5.75 Å². The van der Waals surface area contributed by atoms with Gasteiger partial charge in [0.2, 0.25) is 0 Å². The maximum absolute atomic E-state index is 11.6. The lowest BCUT2D eigenvalue weighted by Gasteiger charge is -2.44. The van der Waals surface area contributed by atoms with E-state index in [0.717, 1.165) is 32.5 Å². The van der Waals surface area contributed by atoms with Crippen molar-refractivity contribution in [2.24, 2.45) is 10.9 Å². The van der Waals surface area contributed by atoms with Gasteiger partial charge in [0, 0.05) is 57.3 Å². The third-order valence-electron chi connectivity index (χ3n) is 5.30. The topological polar surface area (TPSA) is 114 Å². The summed E-state index contributed by atoms with van der Waals surface area (Å²) in [5, 5.41) is 13.1. The van der Waals surface area contributed by atoms with Crippen molar-refractivity contribution in [1.29, 1.82) is 0 Å². The van der Waals surface area contributed by atoms with Crippen LogP contribution in [0.25, 0.3) is 0 Å². The molecule has 0 unspecified atom stereocenters. The average Bonchev–Trinajstić information content (AvgIpc) is 2.65. The minimum atomic E-state index is -3.14. The number of ether oxygens (including phenoxy) is 2. The van der Waals surface area contributed by atoms with Gasteiger partial charge in [-0.15, -0.1) is 0 Å². The highest BCUT2D eigenvalue weighted by molar-refractivity contribution is 7.89. The largest absolute Gasteiger partial charge is 0.486 e. The molecule has 156 valence electrons. The van der Waals surface area contributed by atoms with E-state index < -0.39 is 9.84 Å². The number of fused-ring (bicyclic) bond motifs is 1. The summed E-state index contributed by atoms with van der Waals surface area (Å²) in [6.45, 7) is 4.40. The van der Waals surface area contributed by atoms with E-state index in [0.29, 0.717) is 48.8 Å². The van der Waals surface area contributed by atoms with Gasteiger partial charge in [-0.05, 0) is 17.7 Å². The van der Waals surface area contributed by atoms with Crippen molar-refractivity contribution in [1.82, 2.24) is 4.90 Å². The lowest BCUT2D eigenvalue weighted by atomic mass is 9.82. The molecule has 28 heavy (non-hydrogen) atoms. The first kappa shape index (κ1) is 21.0. The molecule has 0 bridgehead atoms. The van der Waals surface area contributed by atoms with Gasteiger partial charge in [-0.1, -0.05) is 11.2 Å². The fourth-order valence-corrected chi connectivity index (χ4v) is 4.67. The van der Waals surface area contributed by atoms with E-state index in [4.69, 9.17) is 15.2 Å². The quantitative estimate of drug-likeness (QED) is 0.391. The van der Waals surface area contributed by atoms with Gasteiger partial charge in [0.1, 0.15) is 11.4 Å². The van der Waals surface area contributed by atoms with Crippen LogP contribution in [0.4, 0.5) is 0 Å². The summed E-state index contributed by atoms with van der Waals surface area (Å²) >= 11 is 0. The maximum atomic E-state index is 11.6. The first-order valence-electron chi connectivity index (χ1n) is 9.55. The van der Waals surface area contributed by atoms with Crippen LogP contribution in [0.1, 0.15) is 30.4 Å². The summed E-state index contributed by atoms with van der Waals surface area (Å²) in [5.41, 5.74) is 6.93. The molecule has 2 aliphatic rings. The van der Waals surface area contributed by atoms with Crippen molar-refractivity contribution in [2.45, 2.75) is 30.6 Å². The maximum Gasteiger partial charge on any atom is 0.151 e. The summed E-state index contributed by atoms with van der Waals surface area (Å²) in [6.07, 6.45) is 3.37. The molecule has 2 aliphatic heterocycles. The highest BCUT2D eigenvalue weighted by Gasteiger charge is 2.42. The van der Waals surface area contributed by atoms with E-state index in [-0.39, 0.29) is 11.4 Å². The smallest absolute Gasteiger partial charge is 0.151 e. The molecular weight excluding hydrogens is 382 g/mol. The van der Waals surface area contributed by atoms with Gasteiger partial charge in [-0.25, -0.2) is 8.42 Å². The van der Waals surface area contributed by atoms with Crippen molar-refractivity contribution in [2.75, 3.05) is 45.6 Å². The van der Waals surface area contributed by atoms with Gasteiger partial charge in [0.25, 0.3) is 0 Å². The normalized spacial score (nSPS) is 20.9. The summed E-state index contributed by atoms with van der Waals surface area (Å²) in [4.78, 5) is 2.34. The number of nitrogens with zero attached hydrogens (tertiary/aromatic N) is 2. The molecule has 3 N–H and O–H groups in total. The third-order valence-corrected chi connectivity index (χ3v) is 6.16. The zero-order valence-electron chi connectivity index (χ0n) is 16.3. The van der Waals surface area contributed by atoms with Gasteiger partial charge in [-0.3, -0.25) is 0 Å². The van der Waals surface area contributed by atoms with Gasteiger partial charge < -0.3 is 25.3 Å². The van der Waals surface area contributed by atoms with Gasteiger partial charge >= 0.3 is 0 Å². The second-order valence-corrected chi connectivity index (χ2v) is 9.79. The number of hydrogen-bond donors (Lipinski definition) is 2. The lowest BCUT2D eigenvalue weighted by Crippen LogP contribution is -2.51. The van der Waals surface area contributed by atoms with Crippen LogP contribution in [0, 0.1) is 0 Å². The van der Waals surface area contributed by atoms with Crippen LogP contribution < -0.4 is 10.5 Å². The molecule has 0 amide bonds. The molecular formula is C19H29N3O5S. The number of piperidine rings is 1. The van der Waals surface area contributed by atoms with Crippen molar-refractivity contribution in [3.63, 3.8) is 0 Å². The Bertz CT molecular complexity index is 817. The molecule has 8 nitrogen and oxygen atoms in total. The van der Waals surface area contributed by atoms with E-state index in [1.807, 2.05) is 0 Å². The number of hydrogen-bond acceptors (Lipinski definition) is 8. The molecule has 3 rings (SSSR count). The van der Waals surface area contributed by atoms with Crippen LogP contribution >= 0.6 is 0 Å². The Labute approximate surface area is 166 Å². The first-order valence-corrected chi connectivity index (χ1v) is 11.6. The van der Waals surface area contributed by atoms with E-state index in [9.17, 15) is 13.6 Å². The van der Waals surface area contributed by atoms with Crippen LogP contribution in [-0.4, -0.2) is 75.5 Å². The molecule has 1 aromatic rings. The molecule has 1 aromatic carbocycles. The fourth-order valence-electron chi connectivity index (χ4n) is 3.89. The number of rotatable bonds is 7. The van der Waals surface area contributed by atoms with E-state index in [1.165, 1.54) is 6.26 Å². The van der Waals surface area contributed by atoms with E-state index in [2.05, 4.69) is 10.1 Å². The second-order valence-electron chi connectivity index (χ2n) is 7.65. The molecule has 0 aromatic heterocycles. The SMILES string of the molecule is CS(=O)(=O)Cc1ccc2c(c1)/C(=N\O)CC1(CCN(CCOCCN)CC1)O2. The Kier molecular flexibility index (Phi) is 6.59. The Balaban J connectivity index is 1.68. The number of nitrogens with two attached hydrogens (primary N) is 1. The summed E-state index contributed by atoms with van der Waals surface area (Å²) in [6, 6.07) is 5.30. The van der Waals surface area contributed by atoms with Crippen LogP contribution in [0.3, 0.4) is 0 Å². The predicted molar refractivity (Wildman–Crippen MR) is 107 cm³/mol. The van der Waals surface area contributed by atoms with E-state index in [1.54, 1.807) is 18.2 Å². The predicted octanol–water partition coefficient (Wildman–Crippen LogP) is 1.00. The van der Waals surface area contributed by atoms with Gasteiger partial charge in [-0.2, -0.15) is 0 Å². The average molecular weight is 412 g/mol. The molecule has 1 spiro atoms. The van der Waals surface area contributed by atoms with Crippen molar-refractivity contribution < 1.29 is 23.1 Å². The van der Waals surface area contributed by atoms with Gasteiger partial charge in [0.15, 0.2) is 9.84 Å². The molecule has 0 atom stereocenters. The first-order chi connectivity index (χ1) is 13.3. The Morgan fingerprint density at radius 1 is 1.32 bits per heavy atom. The standard InChI is InChI=1S/C19H29N3O5S/c1-28(24,25)14-15-2-3-18-16(12-15)17(21-23)13-19(27-18)4-7-22(8-5-19)9-11-26-10-6-20/h2-3,12,23H,4-11,13-14,20H2,1H3/b21-17-. The van der Waals surface area contributed by atoms with Crippen LogP contribution in [0.15, 0.2) is 23.4 Å². The molecule has 0 aliphatic carbocycles. The molecule has 1 saturated heterocycles. The lowest BCUT2D eigenvalue weighted by molar-refractivity contribution is -0.00487. The molecule has 2 heterocycles. The number of likely N-dealkylation sites (tertiary alicyclic amines) is 1. The molecule has 9 heteroatoms. The Hall–Kier alpha value is -1.68. The van der Waals surface area contributed by atoms with Crippen LogP contribution in [0.5, 0.6) is 5.75 Å². The summed E-state index contributed by atoms with van der Waals surface area (Å²) < 4.78 is 35.0. The van der Waals surface area contributed by atoms with Gasteiger partial charge in [0.05, 0.1) is 24.7 Å². The Morgan fingerprint density at radius 3 is 2.71 bits per heavy atom. The number of oxime groups is 1. The third kappa shape index (κ3) is 5.22. The van der Waals surface area contributed by atoms with E-state index >= 15 is 0 Å². The van der Waals surface area contributed by atoms with Crippen molar-refractivity contribution in [3.05, 3.63) is 29.3 Å². The number of sulfone groups is 1. The number of benzene rings is 1. The molecule has 1 fully saturated rings. The second kappa shape index (κ2) is 8.77.